The molecule has 0 fully saturated rings. The van der Waals surface area contributed by atoms with E-state index < -0.39 is 0 Å². The van der Waals surface area contributed by atoms with Crippen LogP contribution in [0.3, 0.4) is 0 Å². The fraction of sp³-hybridized carbons (Fsp3) is 0.125. The lowest BCUT2D eigenvalue weighted by atomic mass is 10.3. The van der Waals surface area contributed by atoms with Crippen molar-refractivity contribution in [1.82, 2.24) is 4.98 Å². The summed E-state index contributed by atoms with van der Waals surface area (Å²) in [5.74, 6) is 0. The van der Waals surface area contributed by atoms with Crippen LogP contribution in [-0.2, 0) is 6.54 Å². The summed E-state index contributed by atoms with van der Waals surface area (Å²) in [7, 11) is 0. The first-order chi connectivity index (χ1) is 6.34. The van der Waals surface area contributed by atoms with E-state index in [9.17, 15) is 0 Å². The molecule has 0 aliphatic heterocycles. The number of rotatable bonds is 3. The van der Waals surface area contributed by atoms with Gasteiger partial charge in [0.25, 0.3) is 0 Å². The Morgan fingerprint density at radius 2 is 2.54 bits per heavy atom. The smallest absolute Gasteiger partial charge is 0.184 e. The van der Waals surface area contributed by atoms with Gasteiger partial charge in [0.1, 0.15) is 5.15 Å². The van der Waals surface area contributed by atoms with E-state index in [1.54, 1.807) is 17.9 Å². The minimum absolute atomic E-state index is 0.527. The highest BCUT2D eigenvalue weighted by Crippen LogP contribution is 2.19. The zero-order valence-corrected chi connectivity index (χ0v) is 8.23. The van der Waals surface area contributed by atoms with Gasteiger partial charge < -0.3 is 9.73 Å². The monoisotopic (exact) mass is 214 g/mol. The Hall–Kier alpha value is -1.00. The van der Waals surface area contributed by atoms with Crippen LogP contribution in [0.25, 0.3) is 0 Å². The third-order valence-corrected chi connectivity index (χ3v) is 2.62. The number of thiazole rings is 1. The zero-order chi connectivity index (χ0) is 9.10. The van der Waals surface area contributed by atoms with Crippen molar-refractivity contribution >= 4 is 28.1 Å². The SMILES string of the molecule is Clc1csc(NCc2ccoc2)n1. The predicted octanol–water partition coefficient (Wildman–Crippen LogP) is 3.00. The van der Waals surface area contributed by atoms with Crippen molar-refractivity contribution in [3.63, 3.8) is 0 Å². The molecular weight excluding hydrogens is 208 g/mol. The van der Waals surface area contributed by atoms with Gasteiger partial charge in [0.15, 0.2) is 5.13 Å². The van der Waals surface area contributed by atoms with E-state index in [2.05, 4.69) is 10.3 Å². The Labute approximate surface area is 84.4 Å². The summed E-state index contributed by atoms with van der Waals surface area (Å²) in [5.41, 5.74) is 1.09. The van der Waals surface area contributed by atoms with Gasteiger partial charge in [-0.2, -0.15) is 0 Å². The molecule has 2 aromatic rings. The second kappa shape index (κ2) is 3.81. The molecule has 0 amide bonds. The van der Waals surface area contributed by atoms with Gasteiger partial charge in [0.05, 0.1) is 12.5 Å². The van der Waals surface area contributed by atoms with Gasteiger partial charge in [-0.05, 0) is 6.07 Å². The lowest BCUT2D eigenvalue weighted by Gasteiger charge is -1.97. The maximum Gasteiger partial charge on any atom is 0.184 e. The molecule has 0 saturated carbocycles. The third-order valence-electron chi connectivity index (χ3n) is 1.50. The maximum absolute atomic E-state index is 5.66. The van der Waals surface area contributed by atoms with Gasteiger partial charge >= 0.3 is 0 Å². The van der Waals surface area contributed by atoms with Crippen LogP contribution in [0.2, 0.25) is 5.15 Å². The highest BCUT2D eigenvalue weighted by molar-refractivity contribution is 7.14. The number of hydrogen-bond acceptors (Lipinski definition) is 4. The average molecular weight is 215 g/mol. The first kappa shape index (κ1) is 8.59. The molecule has 0 aliphatic carbocycles. The predicted molar refractivity (Wildman–Crippen MR) is 53.2 cm³/mol. The molecule has 0 unspecified atom stereocenters. The molecule has 0 aliphatic rings. The third kappa shape index (κ3) is 2.23. The van der Waals surface area contributed by atoms with Gasteiger partial charge in [-0.15, -0.1) is 11.3 Å². The molecule has 0 spiro atoms. The molecule has 0 saturated heterocycles. The summed E-state index contributed by atoms with van der Waals surface area (Å²) in [6, 6.07) is 1.90. The highest BCUT2D eigenvalue weighted by Gasteiger charge is 1.99. The first-order valence-electron chi connectivity index (χ1n) is 3.70. The second-order valence-corrected chi connectivity index (χ2v) is 3.71. The molecule has 2 rings (SSSR count). The van der Waals surface area contributed by atoms with E-state index in [1.165, 1.54) is 11.3 Å². The topological polar surface area (TPSA) is 38.1 Å². The van der Waals surface area contributed by atoms with Gasteiger partial charge in [-0.3, -0.25) is 0 Å². The van der Waals surface area contributed by atoms with Crippen LogP contribution in [0.4, 0.5) is 5.13 Å². The largest absolute Gasteiger partial charge is 0.472 e. The lowest BCUT2D eigenvalue weighted by molar-refractivity contribution is 0.564. The zero-order valence-electron chi connectivity index (χ0n) is 6.66. The van der Waals surface area contributed by atoms with Crippen molar-refractivity contribution < 1.29 is 4.42 Å². The minimum atomic E-state index is 0.527. The van der Waals surface area contributed by atoms with Crippen molar-refractivity contribution in [2.45, 2.75) is 6.54 Å². The first-order valence-corrected chi connectivity index (χ1v) is 4.96. The number of nitrogens with zero attached hydrogens (tertiary/aromatic N) is 1. The summed E-state index contributed by atoms with van der Waals surface area (Å²) in [5, 5.41) is 6.27. The number of aromatic nitrogens is 1. The normalized spacial score (nSPS) is 10.2. The molecule has 2 aromatic heterocycles. The Morgan fingerprint density at radius 3 is 3.15 bits per heavy atom. The number of nitrogens with one attached hydrogen (secondary N) is 1. The molecule has 3 nitrogen and oxygen atoms in total. The molecule has 5 heteroatoms. The molecular formula is C8H7ClN2OS. The van der Waals surface area contributed by atoms with E-state index >= 15 is 0 Å². The van der Waals surface area contributed by atoms with Gasteiger partial charge in [0.2, 0.25) is 0 Å². The highest BCUT2D eigenvalue weighted by atomic mass is 35.5. The van der Waals surface area contributed by atoms with Crippen LogP contribution in [-0.4, -0.2) is 4.98 Å². The number of furan rings is 1. The van der Waals surface area contributed by atoms with Gasteiger partial charge in [-0.25, -0.2) is 4.98 Å². The van der Waals surface area contributed by atoms with Crippen molar-refractivity contribution in [1.29, 1.82) is 0 Å². The van der Waals surface area contributed by atoms with Crippen molar-refractivity contribution in [2.24, 2.45) is 0 Å². The molecule has 0 atom stereocenters. The van der Waals surface area contributed by atoms with E-state index in [1.807, 2.05) is 6.07 Å². The number of anilines is 1. The summed E-state index contributed by atoms with van der Waals surface area (Å²) < 4.78 is 4.93. The van der Waals surface area contributed by atoms with Crippen LogP contribution >= 0.6 is 22.9 Å². The average Bonchev–Trinajstić information content (AvgIpc) is 2.71. The van der Waals surface area contributed by atoms with E-state index in [4.69, 9.17) is 16.0 Å². The van der Waals surface area contributed by atoms with E-state index in [-0.39, 0.29) is 0 Å². The van der Waals surface area contributed by atoms with Gasteiger partial charge in [-0.1, -0.05) is 11.6 Å². The van der Waals surface area contributed by atoms with E-state index in [0.717, 1.165) is 10.7 Å². The molecule has 1 N–H and O–H groups in total. The Balaban J connectivity index is 1.93. The number of halogens is 1. The van der Waals surface area contributed by atoms with Crippen molar-refractivity contribution in [3.05, 3.63) is 34.7 Å². The minimum Gasteiger partial charge on any atom is -0.472 e. The molecule has 2 heterocycles. The van der Waals surface area contributed by atoms with Crippen molar-refractivity contribution in [3.8, 4) is 0 Å². The quantitative estimate of drug-likeness (QED) is 0.854. The van der Waals surface area contributed by atoms with Crippen LogP contribution in [0, 0.1) is 0 Å². The van der Waals surface area contributed by atoms with E-state index in [0.29, 0.717) is 11.7 Å². The second-order valence-electron chi connectivity index (χ2n) is 2.46. The lowest BCUT2D eigenvalue weighted by Crippen LogP contribution is -1.96. The summed E-state index contributed by atoms with van der Waals surface area (Å²) in [6.07, 6.45) is 3.34. The fourth-order valence-corrected chi connectivity index (χ4v) is 1.74. The molecule has 0 aromatic carbocycles. The Kier molecular flexibility index (Phi) is 2.52. The molecule has 68 valence electrons. The molecule has 0 radical (unpaired) electrons. The maximum atomic E-state index is 5.66. The van der Waals surface area contributed by atoms with Crippen LogP contribution in [0.5, 0.6) is 0 Å². The summed E-state index contributed by atoms with van der Waals surface area (Å²) in [6.45, 7) is 0.709. The van der Waals surface area contributed by atoms with Crippen LogP contribution in [0.1, 0.15) is 5.56 Å². The molecule has 13 heavy (non-hydrogen) atoms. The fourth-order valence-electron chi connectivity index (χ4n) is 0.906. The van der Waals surface area contributed by atoms with Crippen LogP contribution in [0.15, 0.2) is 28.4 Å². The standard InChI is InChI=1S/C8H7ClN2OS/c9-7-5-13-8(11-7)10-3-6-1-2-12-4-6/h1-2,4-5H,3H2,(H,10,11). The Bertz CT molecular complexity index is 371. The summed E-state index contributed by atoms with van der Waals surface area (Å²) in [4.78, 5) is 4.05. The van der Waals surface area contributed by atoms with Crippen LogP contribution < -0.4 is 5.32 Å². The number of hydrogen-bond donors (Lipinski definition) is 1. The Morgan fingerprint density at radius 1 is 1.62 bits per heavy atom. The van der Waals surface area contributed by atoms with Gasteiger partial charge in [0, 0.05) is 17.5 Å². The molecule has 0 bridgehead atoms. The summed E-state index contributed by atoms with van der Waals surface area (Å²) >= 11 is 7.15. The van der Waals surface area contributed by atoms with Crippen molar-refractivity contribution in [2.75, 3.05) is 5.32 Å².